The topological polar surface area (TPSA) is 41.8 Å². The summed E-state index contributed by atoms with van der Waals surface area (Å²) < 4.78 is 5.86. The van der Waals surface area contributed by atoms with Crippen LogP contribution in [0, 0.1) is 16.7 Å². The Kier molecular flexibility index (Phi) is 3.72. The van der Waals surface area contributed by atoms with Gasteiger partial charge in [-0.2, -0.15) is 0 Å². The molecule has 2 saturated carbocycles. The van der Waals surface area contributed by atoms with E-state index >= 15 is 0 Å². The van der Waals surface area contributed by atoms with Crippen LogP contribution in [0.15, 0.2) is 5.16 Å². The van der Waals surface area contributed by atoms with E-state index in [1.807, 2.05) is 0 Å². The first-order chi connectivity index (χ1) is 9.41. The molecule has 2 bridgehead atoms. The molecule has 0 aromatic heterocycles. The average molecular weight is 344 g/mol. The Labute approximate surface area is 128 Å². The summed E-state index contributed by atoms with van der Waals surface area (Å²) in [4.78, 5) is 1.14. The van der Waals surface area contributed by atoms with Crippen molar-refractivity contribution >= 4 is 20.7 Å². The first-order valence-corrected chi connectivity index (χ1v) is 9.89. The predicted octanol–water partition coefficient (Wildman–Crippen LogP) is 3.75. The van der Waals surface area contributed by atoms with Crippen LogP contribution in [0.2, 0.25) is 9.63 Å². The van der Waals surface area contributed by atoms with Gasteiger partial charge < -0.3 is 0 Å². The SMILES string of the molecule is CC([Se][C@@H]1/C(=N/O)[C@]2(C)CC[C@H]1C2(C)C)C1CCCO1. The summed E-state index contributed by atoms with van der Waals surface area (Å²) in [5.74, 6) is 0.697. The van der Waals surface area contributed by atoms with Gasteiger partial charge >= 0.3 is 128 Å². The molecule has 4 heteroatoms. The van der Waals surface area contributed by atoms with Crippen molar-refractivity contribution in [1.82, 2.24) is 0 Å². The van der Waals surface area contributed by atoms with Gasteiger partial charge in [0.15, 0.2) is 0 Å². The van der Waals surface area contributed by atoms with Crippen LogP contribution in [-0.4, -0.2) is 38.6 Å². The third kappa shape index (κ3) is 1.91. The second-order valence-electron chi connectivity index (χ2n) is 7.50. The van der Waals surface area contributed by atoms with E-state index in [1.165, 1.54) is 25.7 Å². The third-order valence-corrected chi connectivity index (χ3v) is 9.77. The number of hydrogen-bond donors (Lipinski definition) is 1. The van der Waals surface area contributed by atoms with Crippen molar-refractivity contribution in [2.75, 3.05) is 6.61 Å². The second-order valence-corrected chi connectivity index (χ2v) is 10.7. The first kappa shape index (κ1) is 14.9. The molecule has 3 fully saturated rings. The number of fused-ring (bicyclic) bond motifs is 2. The summed E-state index contributed by atoms with van der Waals surface area (Å²) in [6.45, 7) is 10.3. The Morgan fingerprint density at radius 2 is 2.10 bits per heavy atom. The Morgan fingerprint density at radius 1 is 1.35 bits per heavy atom. The second kappa shape index (κ2) is 5.00. The van der Waals surface area contributed by atoms with Crippen LogP contribution in [0.3, 0.4) is 0 Å². The molecular weight excluding hydrogens is 317 g/mol. The van der Waals surface area contributed by atoms with E-state index in [9.17, 15) is 5.21 Å². The number of rotatable bonds is 3. The molecule has 2 unspecified atom stereocenters. The van der Waals surface area contributed by atoms with Crippen molar-refractivity contribution in [2.24, 2.45) is 21.9 Å². The molecule has 0 amide bonds. The molecule has 2 aliphatic carbocycles. The Hall–Kier alpha value is -0.0505. The van der Waals surface area contributed by atoms with Gasteiger partial charge in [0, 0.05) is 0 Å². The van der Waals surface area contributed by atoms with E-state index in [1.54, 1.807) is 0 Å². The van der Waals surface area contributed by atoms with Gasteiger partial charge in [-0.25, -0.2) is 0 Å². The van der Waals surface area contributed by atoms with Crippen molar-refractivity contribution in [3.05, 3.63) is 0 Å². The molecule has 3 aliphatic rings. The monoisotopic (exact) mass is 345 g/mol. The van der Waals surface area contributed by atoms with Gasteiger partial charge in [0.25, 0.3) is 0 Å². The summed E-state index contributed by atoms with van der Waals surface area (Å²) in [5, 5.41) is 13.4. The fraction of sp³-hybridized carbons (Fsp3) is 0.938. The van der Waals surface area contributed by atoms with E-state index in [0.29, 0.717) is 36.6 Å². The molecule has 3 rings (SSSR count). The van der Waals surface area contributed by atoms with Crippen molar-refractivity contribution in [3.63, 3.8) is 0 Å². The molecule has 0 radical (unpaired) electrons. The maximum absolute atomic E-state index is 9.60. The van der Waals surface area contributed by atoms with Gasteiger partial charge in [-0.1, -0.05) is 0 Å². The molecule has 114 valence electrons. The van der Waals surface area contributed by atoms with Crippen LogP contribution in [0.25, 0.3) is 0 Å². The van der Waals surface area contributed by atoms with Crippen LogP contribution in [0.4, 0.5) is 0 Å². The zero-order valence-corrected chi connectivity index (χ0v) is 14.8. The molecule has 5 atom stereocenters. The summed E-state index contributed by atoms with van der Waals surface area (Å²) in [6, 6.07) is 0. The zero-order valence-electron chi connectivity index (χ0n) is 13.1. The molecule has 0 spiro atoms. The summed E-state index contributed by atoms with van der Waals surface area (Å²) in [5.41, 5.74) is 1.48. The standard InChI is InChI=1S/C16H27NO2Se/c1-10(12-6-5-9-19-12)20-13-11-7-8-16(4,14(13)17-18)15(11,2)3/h10-13,18H,5-9H2,1-4H3/b17-14-/t10?,11-,12?,13+,16+/m1/s1. The molecule has 1 heterocycles. The molecule has 1 N–H and O–H groups in total. The van der Waals surface area contributed by atoms with Crippen LogP contribution in [0.1, 0.15) is 53.4 Å². The minimum absolute atomic E-state index is 0.106. The fourth-order valence-electron chi connectivity index (χ4n) is 4.65. The summed E-state index contributed by atoms with van der Waals surface area (Å²) in [7, 11) is 0. The normalized spacial score (nSPS) is 46.2. The Balaban J connectivity index is 1.80. The average Bonchev–Trinajstić information content (AvgIpc) is 3.02. The number of hydrogen-bond acceptors (Lipinski definition) is 3. The maximum atomic E-state index is 9.60. The van der Waals surface area contributed by atoms with Crippen LogP contribution >= 0.6 is 0 Å². The minimum atomic E-state index is 0.106. The van der Waals surface area contributed by atoms with Crippen molar-refractivity contribution in [3.8, 4) is 0 Å². The van der Waals surface area contributed by atoms with E-state index in [4.69, 9.17) is 4.74 Å². The van der Waals surface area contributed by atoms with Crippen molar-refractivity contribution < 1.29 is 9.94 Å². The number of nitrogens with zero attached hydrogens (tertiary/aromatic N) is 1. The quantitative estimate of drug-likeness (QED) is 0.481. The molecule has 0 aromatic rings. The van der Waals surface area contributed by atoms with Crippen molar-refractivity contribution in [2.45, 2.75) is 69.1 Å². The fourth-order valence-corrected chi connectivity index (χ4v) is 8.75. The Morgan fingerprint density at radius 3 is 2.70 bits per heavy atom. The molecule has 20 heavy (non-hydrogen) atoms. The van der Waals surface area contributed by atoms with Crippen LogP contribution < -0.4 is 0 Å². The van der Waals surface area contributed by atoms with Gasteiger partial charge in [-0.3, -0.25) is 0 Å². The van der Waals surface area contributed by atoms with E-state index in [0.717, 1.165) is 12.3 Å². The molecule has 1 saturated heterocycles. The number of oxime groups is 1. The van der Waals surface area contributed by atoms with Crippen molar-refractivity contribution in [1.29, 1.82) is 0 Å². The van der Waals surface area contributed by atoms with E-state index in [-0.39, 0.29) is 10.8 Å². The van der Waals surface area contributed by atoms with Crippen LogP contribution in [-0.2, 0) is 4.74 Å². The van der Waals surface area contributed by atoms with E-state index in [2.05, 4.69) is 32.9 Å². The predicted molar refractivity (Wildman–Crippen MR) is 81.7 cm³/mol. The zero-order chi connectivity index (χ0) is 14.5. The van der Waals surface area contributed by atoms with Gasteiger partial charge in [0.05, 0.1) is 0 Å². The van der Waals surface area contributed by atoms with Gasteiger partial charge in [-0.15, -0.1) is 0 Å². The van der Waals surface area contributed by atoms with Gasteiger partial charge in [0.1, 0.15) is 0 Å². The summed E-state index contributed by atoms with van der Waals surface area (Å²) in [6.07, 6.45) is 5.36. The van der Waals surface area contributed by atoms with E-state index < -0.39 is 0 Å². The molecule has 3 nitrogen and oxygen atoms in total. The first-order valence-electron chi connectivity index (χ1n) is 7.91. The van der Waals surface area contributed by atoms with Crippen LogP contribution in [0.5, 0.6) is 0 Å². The van der Waals surface area contributed by atoms with Gasteiger partial charge in [0.2, 0.25) is 0 Å². The summed E-state index contributed by atoms with van der Waals surface area (Å²) >= 11 is 0.469. The molecule has 0 aromatic carbocycles. The number of ether oxygens (including phenoxy) is 1. The third-order valence-electron chi connectivity index (χ3n) is 6.46. The molecule has 1 aliphatic heterocycles. The Bertz CT molecular complexity index is 417. The van der Waals surface area contributed by atoms with Gasteiger partial charge in [-0.05, 0) is 0 Å². The molecular formula is C16H27NO2Se.